The highest BCUT2D eigenvalue weighted by Crippen LogP contribution is 2.12. The van der Waals surface area contributed by atoms with Crippen LogP contribution >= 0.6 is 11.3 Å². The van der Waals surface area contributed by atoms with Gasteiger partial charge in [-0.2, -0.15) is 0 Å². The number of aromatic nitrogens is 1. The molecule has 0 radical (unpaired) electrons. The molecule has 0 saturated heterocycles. The number of thiazole rings is 1. The lowest BCUT2D eigenvalue weighted by atomic mass is 9.99. The minimum absolute atomic E-state index is 0.633. The van der Waals surface area contributed by atoms with Gasteiger partial charge in [0.05, 0.1) is 5.01 Å². The molecular formula is C12H22N2S. The maximum Gasteiger partial charge on any atom is 0.0925 e. The van der Waals surface area contributed by atoms with Crippen LogP contribution in [0.4, 0.5) is 0 Å². The zero-order chi connectivity index (χ0) is 11.1. The van der Waals surface area contributed by atoms with E-state index in [1.807, 2.05) is 6.20 Å². The smallest absolute Gasteiger partial charge is 0.0925 e. The number of nitrogens with zero attached hydrogens (tertiary/aromatic N) is 1. The highest BCUT2D eigenvalue weighted by molar-refractivity contribution is 7.09. The molecule has 1 rings (SSSR count). The predicted octanol–water partition coefficient (Wildman–Crippen LogP) is 3.10. The van der Waals surface area contributed by atoms with Gasteiger partial charge in [0.2, 0.25) is 0 Å². The standard InChI is InChI=1S/C12H22N2S/c1-4-7-13-11(10(2)3)5-6-12-14-8-9-15-12/h8-11,13H,4-7H2,1-3H3. The zero-order valence-corrected chi connectivity index (χ0v) is 10.8. The van der Waals surface area contributed by atoms with Gasteiger partial charge < -0.3 is 5.32 Å². The first-order chi connectivity index (χ1) is 7.24. The normalized spacial score (nSPS) is 13.3. The van der Waals surface area contributed by atoms with Crippen molar-refractivity contribution in [3.8, 4) is 0 Å². The summed E-state index contributed by atoms with van der Waals surface area (Å²) in [5, 5.41) is 6.93. The van der Waals surface area contributed by atoms with Crippen LogP contribution in [0.5, 0.6) is 0 Å². The van der Waals surface area contributed by atoms with Crippen molar-refractivity contribution in [2.75, 3.05) is 6.54 Å². The largest absolute Gasteiger partial charge is 0.314 e. The van der Waals surface area contributed by atoms with E-state index in [2.05, 4.69) is 36.5 Å². The van der Waals surface area contributed by atoms with E-state index in [0.29, 0.717) is 12.0 Å². The Hall–Kier alpha value is -0.410. The average Bonchev–Trinajstić information content (AvgIpc) is 2.70. The summed E-state index contributed by atoms with van der Waals surface area (Å²) in [5.41, 5.74) is 0. The summed E-state index contributed by atoms with van der Waals surface area (Å²) in [4.78, 5) is 4.32. The Morgan fingerprint density at radius 3 is 2.80 bits per heavy atom. The molecule has 1 N–H and O–H groups in total. The Morgan fingerprint density at radius 1 is 1.47 bits per heavy atom. The lowest BCUT2D eigenvalue weighted by molar-refractivity contribution is 0.378. The van der Waals surface area contributed by atoms with Gasteiger partial charge in [-0.25, -0.2) is 4.98 Å². The van der Waals surface area contributed by atoms with Crippen molar-refractivity contribution in [3.63, 3.8) is 0 Å². The molecule has 0 fully saturated rings. The minimum atomic E-state index is 0.633. The van der Waals surface area contributed by atoms with Gasteiger partial charge in [-0.1, -0.05) is 20.8 Å². The molecule has 0 aliphatic heterocycles. The Balaban J connectivity index is 2.31. The molecule has 0 saturated carbocycles. The fourth-order valence-electron chi connectivity index (χ4n) is 1.66. The number of aryl methyl sites for hydroxylation is 1. The van der Waals surface area contributed by atoms with Gasteiger partial charge in [-0.15, -0.1) is 11.3 Å². The molecule has 15 heavy (non-hydrogen) atoms. The Labute approximate surface area is 97.1 Å². The third kappa shape index (κ3) is 4.76. The molecule has 0 spiro atoms. The fraction of sp³-hybridized carbons (Fsp3) is 0.750. The lowest BCUT2D eigenvalue weighted by Crippen LogP contribution is -2.34. The highest BCUT2D eigenvalue weighted by Gasteiger charge is 2.12. The van der Waals surface area contributed by atoms with E-state index in [0.717, 1.165) is 13.0 Å². The van der Waals surface area contributed by atoms with Crippen LogP contribution in [0.25, 0.3) is 0 Å². The summed E-state index contributed by atoms with van der Waals surface area (Å²) in [6.07, 6.45) is 5.41. The molecule has 3 heteroatoms. The van der Waals surface area contributed by atoms with Crippen LogP contribution in [0, 0.1) is 5.92 Å². The number of hydrogen-bond acceptors (Lipinski definition) is 3. The molecule has 0 bridgehead atoms. The SMILES string of the molecule is CCCNC(CCc1nccs1)C(C)C. The molecule has 1 heterocycles. The van der Waals surface area contributed by atoms with Gasteiger partial charge in [-0.3, -0.25) is 0 Å². The molecule has 0 aliphatic rings. The van der Waals surface area contributed by atoms with E-state index in [9.17, 15) is 0 Å². The monoisotopic (exact) mass is 226 g/mol. The second kappa shape index (κ2) is 6.96. The van der Waals surface area contributed by atoms with Crippen molar-refractivity contribution in [3.05, 3.63) is 16.6 Å². The maximum atomic E-state index is 4.32. The third-order valence-corrected chi connectivity index (χ3v) is 3.45. The van der Waals surface area contributed by atoms with Crippen LogP contribution in [0.3, 0.4) is 0 Å². The number of hydrogen-bond donors (Lipinski definition) is 1. The predicted molar refractivity (Wildman–Crippen MR) is 67.4 cm³/mol. The van der Waals surface area contributed by atoms with Gasteiger partial charge in [0.1, 0.15) is 0 Å². The maximum absolute atomic E-state index is 4.32. The van der Waals surface area contributed by atoms with E-state index in [-0.39, 0.29) is 0 Å². The van der Waals surface area contributed by atoms with Crippen LogP contribution in [-0.2, 0) is 6.42 Å². The molecule has 0 aromatic carbocycles. The van der Waals surface area contributed by atoms with Crippen molar-refractivity contribution in [2.24, 2.45) is 5.92 Å². The first kappa shape index (κ1) is 12.7. The van der Waals surface area contributed by atoms with E-state index in [1.54, 1.807) is 11.3 Å². The van der Waals surface area contributed by atoms with Gasteiger partial charge in [0, 0.05) is 24.0 Å². The van der Waals surface area contributed by atoms with Crippen molar-refractivity contribution < 1.29 is 0 Å². The van der Waals surface area contributed by atoms with Crippen molar-refractivity contribution in [2.45, 2.75) is 46.1 Å². The third-order valence-electron chi connectivity index (χ3n) is 2.61. The molecule has 86 valence electrons. The van der Waals surface area contributed by atoms with Crippen LogP contribution in [0.1, 0.15) is 38.6 Å². The van der Waals surface area contributed by atoms with Crippen LogP contribution < -0.4 is 5.32 Å². The summed E-state index contributed by atoms with van der Waals surface area (Å²) in [6, 6.07) is 0.633. The van der Waals surface area contributed by atoms with Crippen LogP contribution in [0.2, 0.25) is 0 Å². The van der Waals surface area contributed by atoms with E-state index < -0.39 is 0 Å². The summed E-state index contributed by atoms with van der Waals surface area (Å²) >= 11 is 1.76. The van der Waals surface area contributed by atoms with Crippen molar-refractivity contribution in [1.82, 2.24) is 10.3 Å². The molecule has 0 amide bonds. The summed E-state index contributed by atoms with van der Waals surface area (Å²) in [5.74, 6) is 0.705. The fourth-order valence-corrected chi connectivity index (χ4v) is 2.29. The first-order valence-electron chi connectivity index (χ1n) is 5.85. The first-order valence-corrected chi connectivity index (χ1v) is 6.73. The van der Waals surface area contributed by atoms with E-state index in [4.69, 9.17) is 0 Å². The van der Waals surface area contributed by atoms with E-state index in [1.165, 1.54) is 17.8 Å². The Morgan fingerprint density at radius 2 is 2.27 bits per heavy atom. The quantitative estimate of drug-likeness (QED) is 0.773. The second-order valence-electron chi connectivity index (χ2n) is 4.27. The zero-order valence-electron chi connectivity index (χ0n) is 9.99. The number of nitrogens with one attached hydrogen (secondary N) is 1. The topological polar surface area (TPSA) is 24.9 Å². The lowest BCUT2D eigenvalue weighted by Gasteiger charge is -2.21. The van der Waals surface area contributed by atoms with Crippen LogP contribution in [-0.4, -0.2) is 17.6 Å². The van der Waals surface area contributed by atoms with Crippen LogP contribution in [0.15, 0.2) is 11.6 Å². The Kier molecular flexibility index (Phi) is 5.88. The molecule has 1 atom stereocenters. The molecular weight excluding hydrogens is 204 g/mol. The minimum Gasteiger partial charge on any atom is -0.314 e. The summed E-state index contributed by atoms with van der Waals surface area (Å²) in [6.45, 7) is 7.91. The molecule has 1 aromatic heterocycles. The second-order valence-corrected chi connectivity index (χ2v) is 5.25. The van der Waals surface area contributed by atoms with E-state index >= 15 is 0 Å². The molecule has 2 nitrogen and oxygen atoms in total. The van der Waals surface area contributed by atoms with Gasteiger partial charge in [0.15, 0.2) is 0 Å². The van der Waals surface area contributed by atoms with Gasteiger partial charge in [-0.05, 0) is 25.3 Å². The number of rotatable bonds is 7. The van der Waals surface area contributed by atoms with Gasteiger partial charge >= 0.3 is 0 Å². The summed E-state index contributed by atoms with van der Waals surface area (Å²) < 4.78 is 0. The average molecular weight is 226 g/mol. The summed E-state index contributed by atoms with van der Waals surface area (Å²) in [7, 11) is 0. The Bertz CT molecular complexity index is 244. The van der Waals surface area contributed by atoms with Gasteiger partial charge in [0.25, 0.3) is 0 Å². The molecule has 1 unspecified atom stereocenters. The van der Waals surface area contributed by atoms with Crippen molar-refractivity contribution >= 4 is 11.3 Å². The molecule has 0 aliphatic carbocycles. The van der Waals surface area contributed by atoms with Crippen molar-refractivity contribution in [1.29, 1.82) is 0 Å². The molecule has 1 aromatic rings. The highest BCUT2D eigenvalue weighted by atomic mass is 32.1.